The highest BCUT2D eigenvalue weighted by Gasteiger charge is 2.19. The summed E-state index contributed by atoms with van der Waals surface area (Å²) >= 11 is 0. The number of primary amides is 1. The summed E-state index contributed by atoms with van der Waals surface area (Å²) in [5.74, 6) is -1.30. The van der Waals surface area contributed by atoms with Crippen LogP contribution in [0.4, 0.5) is 0 Å². The second-order valence-corrected chi connectivity index (χ2v) is 5.60. The third-order valence-corrected chi connectivity index (χ3v) is 3.55. The fraction of sp³-hybridized carbons (Fsp3) is 0.200. The molecule has 0 unspecified atom stereocenters. The van der Waals surface area contributed by atoms with Crippen LogP contribution in [0.3, 0.4) is 0 Å². The maximum atomic E-state index is 12.2. The third kappa shape index (κ3) is 5.85. The molecule has 2 amide bonds. The van der Waals surface area contributed by atoms with Crippen LogP contribution in [-0.4, -0.2) is 31.2 Å². The molecule has 0 aromatic heterocycles. The van der Waals surface area contributed by atoms with E-state index in [1.165, 1.54) is 6.21 Å². The summed E-state index contributed by atoms with van der Waals surface area (Å²) < 4.78 is 10.8. The van der Waals surface area contributed by atoms with Crippen molar-refractivity contribution in [2.24, 2.45) is 10.8 Å². The molecule has 0 bridgehead atoms. The number of rotatable bonds is 9. The number of ether oxygens (including phenoxy) is 2. The fourth-order valence-electron chi connectivity index (χ4n) is 2.31. The zero-order valence-electron chi connectivity index (χ0n) is 15.3. The van der Waals surface area contributed by atoms with Crippen LogP contribution < -0.4 is 20.6 Å². The minimum absolute atomic E-state index is 0.265. The van der Waals surface area contributed by atoms with Gasteiger partial charge in [0.05, 0.1) is 18.9 Å². The first-order valence-electron chi connectivity index (χ1n) is 8.50. The molecule has 0 aliphatic rings. The van der Waals surface area contributed by atoms with Gasteiger partial charge in [0.1, 0.15) is 0 Å². The molecule has 3 N–H and O–H groups in total. The second-order valence-electron chi connectivity index (χ2n) is 5.60. The Morgan fingerprint density at radius 1 is 1.21 bits per heavy atom. The largest absolute Gasteiger partial charge is 0.490 e. The molecule has 8 heteroatoms. The van der Waals surface area contributed by atoms with Crippen LogP contribution in [-0.2, 0) is 9.59 Å². The lowest BCUT2D eigenvalue weighted by Crippen LogP contribution is -2.24. The molecule has 0 aliphatic carbocycles. The Balaban J connectivity index is 2.06. The molecule has 2 aromatic carbocycles. The van der Waals surface area contributed by atoms with Gasteiger partial charge in [-0.1, -0.05) is 30.3 Å². The third-order valence-electron chi connectivity index (χ3n) is 3.55. The minimum Gasteiger partial charge on any atom is -0.490 e. The molecule has 0 fully saturated rings. The SMILES string of the molecule is CCOc1cc(/C=N\NC(=O)[C@H](C#N)c2ccccc2)ccc1OCC(N)=O. The molecule has 144 valence electrons. The highest BCUT2D eigenvalue weighted by Crippen LogP contribution is 2.28. The quantitative estimate of drug-likeness (QED) is 0.506. The Bertz CT molecular complexity index is 891. The van der Waals surface area contributed by atoms with Crippen molar-refractivity contribution < 1.29 is 19.1 Å². The number of nitriles is 1. The zero-order valence-corrected chi connectivity index (χ0v) is 15.3. The van der Waals surface area contributed by atoms with Gasteiger partial charge in [0.2, 0.25) is 0 Å². The van der Waals surface area contributed by atoms with Gasteiger partial charge in [-0.25, -0.2) is 5.43 Å². The average molecular weight is 380 g/mol. The highest BCUT2D eigenvalue weighted by atomic mass is 16.5. The number of carbonyl (C=O) groups is 2. The Labute approximate surface area is 162 Å². The van der Waals surface area contributed by atoms with Crippen molar-refractivity contribution in [3.63, 3.8) is 0 Å². The van der Waals surface area contributed by atoms with E-state index < -0.39 is 17.7 Å². The summed E-state index contributed by atoms with van der Waals surface area (Å²) in [7, 11) is 0. The van der Waals surface area contributed by atoms with E-state index in [9.17, 15) is 14.9 Å². The number of hydrazone groups is 1. The van der Waals surface area contributed by atoms with Crippen molar-refractivity contribution in [2.45, 2.75) is 12.8 Å². The highest BCUT2D eigenvalue weighted by molar-refractivity contribution is 5.88. The van der Waals surface area contributed by atoms with Crippen LogP contribution in [0.5, 0.6) is 11.5 Å². The normalized spacial score (nSPS) is 11.4. The molecular formula is C20H20N4O4. The van der Waals surface area contributed by atoms with Gasteiger partial charge in [0.15, 0.2) is 24.0 Å². The van der Waals surface area contributed by atoms with Crippen LogP contribution in [0, 0.1) is 11.3 Å². The lowest BCUT2D eigenvalue weighted by Gasteiger charge is -2.11. The molecular weight excluding hydrogens is 360 g/mol. The predicted molar refractivity (Wildman–Crippen MR) is 103 cm³/mol. The van der Waals surface area contributed by atoms with Crippen molar-refractivity contribution in [1.29, 1.82) is 5.26 Å². The summed E-state index contributed by atoms with van der Waals surface area (Å²) in [6.07, 6.45) is 1.41. The van der Waals surface area contributed by atoms with Crippen molar-refractivity contribution >= 4 is 18.0 Å². The lowest BCUT2D eigenvalue weighted by molar-refractivity contribution is -0.121. The molecule has 2 rings (SSSR count). The number of hydrogen-bond donors (Lipinski definition) is 2. The number of nitrogens with two attached hydrogens (primary N) is 1. The van der Waals surface area contributed by atoms with Gasteiger partial charge in [-0.15, -0.1) is 0 Å². The average Bonchev–Trinajstić information content (AvgIpc) is 2.69. The van der Waals surface area contributed by atoms with E-state index in [2.05, 4.69) is 10.5 Å². The molecule has 0 saturated carbocycles. The predicted octanol–water partition coefficient (Wildman–Crippen LogP) is 1.71. The van der Waals surface area contributed by atoms with Crippen molar-refractivity contribution in [1.82, 2.24) is 5.43 Å². The molecule has 0 heterocycles. The van der Waals surface area contributed by atoms with Crippen LogP contribution in [0.2, 0.25) is 0 Å². The van der Waals surface area contributed by atoms with E-state index in [1.807, 2.05) is 13.0 Å². The number of benzene rings is 2. The van der Waals surface area contributed by atoms with Gasteiger partial charge in [-0.05, 0) is 36.2 Å². The standard InChI is InChI=1S/C20H20N4O4/c1-2-27-18-10-14(8-9-17(18)28-13-19(22)25)12-23-24-20(26)16(11-21)15-6-4-3-5-7-15/h3-10,12,16H,2,13H2,1H3,(H2,22,25)(H,24,26)/b23-12-/t16-/m1/s1. The Morgan fingerprint density at radius 2 is 1.96 bits per heavy atom. The number of nitrogens with zero attached hydrogens (tertiary/aromatic N) is 2. The monoisotopic (exact) mass is 380 g/mol. The summed E-state index contributed by atoms with van der Waals surface area (Å²) in [6, 6.07) is 15.6. The van der Waals surface area contributed by atoms with Crippen LogP contribution in [0.25, 0.3) is 0 Å². The lowest BCUT2D eigenvalue weighted by atomic mass is 10.0. The van der Waals surface area contributed by atoms with Gasteiger partial charge in [-0.2, -0.15) is 10.4 Å². The maximum absolute atomic E-state index is 12.2. The first-order chi connectivity index (χ1) is 13.5. The van der Waals surface area contributed by atoms with Crippen molar-refractivity contribution in [2.75, 3.05) is 13.2 Å². The number of amides is 2. The summed E-state index contributed by atoms with van der Waals surface area (Å²) in [6.45, 7) is 1.94. The van der Waals surface area contributed by atoms with E-state index in [0.29, 0.717) is 29.2 Å². The Kier molecular flexibility index (Phi) is 7.54. The molecule has 8 nitrogen and oxygen atoms in total. The smallest absolute Gasteiger partial charge is 0.261 e. The van der Waals surface area contributed by atoms with Crippen molar-refractivity contribution in [3.05, 3.63) is 59.7 Å². The summed E-state index contributed by atoms with van der Waals surface area (Å²) in [4.78, 5) is 23.1. The second kappa shape index (κ2) is 10.3. The zero-order chi connectivity index (χ0) is 20.4. The molecule has 0 spiro atoms. The first-order valence-corrected chi connectivity index (χ1v) is 8.50. The van der Waals surface area contributed by atoms with Crippen LogP contribution in [0.15, 0.2) is 53.6 Å². The van der Waals surface area contributed by atoms with E-state index in [1.54, 1.807) is 48.5 Å². The number of nitrogens with one attached hydrogen (secondary N) is 1. The number of hydrogen-bond acceptors (Lipinski definition) is 6. The summed E-state index contributed by atoms with van der Waals surface area (Å²) in [5, 5.41) is 13.2. The Morgan fingerprint density at radius 3 is 2.61 bits per heavy atom. The molecule has 0 aliphatic heterocycles. The van der Waals surface area contributed by atoms with Gasteiger partial charge >= 0.3 is 0 Å². The topological polar surface area (TPSA) is 127 Å². The fourth-order valence-corrected chi connectivity index (χ4v) is 2.31. The Hall–Kier alpha value is -3.86. The number of carbonyl (C=O) groups excluding carboxylic acids is 2. The van der Waals surface area contributed by atoms with Gasteiger partial charge in [-0.3, -0.25) is 9.59 Å². The molecule has 0 radical (unpaired) electrons. The molecule has 28 heavy (non-hydrogen) atoms. The van der Waals surface area contributed by atoms with E-state index in [4.69, 9.17) is 15.2 Å². The maximum Gasteiger partial charge on any atom is 0.261 e. The van der Waals surface area contributed by atoms with Crippen molar-refractivity contribution in [3.8, 4) is 17.6 Å². The van der Waals surface area contributed by atoms with E-state index >= 15 is 0 Å². The van der Waals surface area contributed by atoms with Crippen LogP contribution in [0.1, 0.15) is 24.0 Å². The van der Waals surface area contributed by atoms with Gasteiger partial charge in [0, 0.05) is 0 Å². The van der Waals surface area contributed by atoms with Crippen LogP contribution >= 0.6 is 0 Å². The van der Waals surface area contributed by atoms with E-state index in [0.717, 1.165) is 0 Å². The molecule has 0 saturated heterocycles. The van der Waals surface area contributed by atoms with Gasteiger partial charge < -0.3 is 15.2 Å². The molecule has 1 atom stereocenters. The van der Waals surface area contributed by atoms with E-state index in [-0.39, 0.29) is 6.61 Å². The first kappa shape index (κ1) is 20.5. The minimum atomic E-state index is -0.957. The van der Waals surface area contributed by atoms with Gasteiger partial charge in [0.25, 0.3) is 11.8 Å². The molecule has 2 aromatic rings. The summed E-state index contributed by atoms with van der Waals surface area (Å²) in [5.41, 5.74) is 8.66.